The lowest BCUT2D eigenvalue weighted by Crippen LogP contribution is -2.42. The summed E-state index contributed by atoms with van der Waals surface area (Å²) in [5, 5.41) is 19.1. The molecule has 0 aliphatic carbocycles. The molecule has 0 spiro atoms. The van der Waals surface area contributed by atoms with Crippen molar-refractivity contribution >= 4 is 21.6 Å². The van der Waals surface area contributed by atoms with Crippen molar-refractivity contribution < 1.29 is 5.11 Å². The van der Waals surface area contributed by atoms with Gasteiger partial charge in [-0.05, 0) is 47.8 Å². The van der Waals surface area contributed by atoms with Crippen LogP contribution in [-0.4, -0.2) is 23.8 Å². The van der Waals surface area contributed by atoms with Gasteiger partial charge < -0.3 is 10.0 Å². The van der Waals surface area contributed by atoms with Gasteiger partial charge in [-0.1, -0.05) is 6.07 Å². The van der Waals surface area contributed by atoms with E-state index < -0.39 is 5.60 Å². The summed E-state index contributed by atoms with van der Waals surface area (Å²) in [5.41, 5.74) is 1.07. The van der Waals surface area contributed by atoms with Gasteiger partial charge in [0, 0.05) is 17.6 Å². The van der Waals surface area contributed by atoms with Crippen molar-refractivity contribution in [3.8, 4) is 6.07 Å². The van der Waals surface area contributed by atoms with Crippen molar-refractivity contribution in [3.05, 3.63) is 28.2 Å². The van der Waals surface area contributed by atoms with Crippen LogP contribution in [0.25, 0.3) is 0 Å². The smallest absolute Gasteiger partial charge is 0.103 e. The van der Waals surface area contributed by atoms with Crippen LogP contribution in [0.5, 0.6) is 0 Å². The second-order valence-corrected chi connectivity index (χ2v) is 5.58. The van der Waals surface area contributed by atoms with Crippen LogP contribution < -0.4 is 4.90 Å². The van der Waals surface area contributed by atoms with Crippen molar-refractivity contribution in [1.82, 2.24) is 0 Å². The van der Waals surface area contributed by atoms with Crippen molar-refractivity contribution in [2.24, 2.45) is 0 Å². The molecule has 1 heterocycles. The number of hydrogen-bond acceptors (Lipinski definition) is 3. The molecule has 1 saturated heterocycles. The van der Waals surface area contributed by atoms with E-state index >= 15 is 0 Å². The molecular formula is C13H15BrN2O. The van der Waals surface area contributed by atoms with Crippen LogP contribution in [-0.2, 0) is 0 Å². The minimum Gasteiger partial charge on any atom is -0.390 e. The van der Waals surface area contributed by atoms with Crippen molar-refractivity contribution in [2.45, 2.75) is 25.4 Å². The van der Waals surface area contributed by atoms with Crippen LogP contribution in [0.15, 0.2) is 22.7 Å². The lowest BCUT2D eigenvalue weighted by molar-refractivity contribution is 0.0351. The molecular weight excluding hydrogens is 280 g/mol. The van der Waals surface area contributed by atoms with Crippen LogP contribution in [0.4, 0.5) is 5.69 Å². The molecule has 0 unspecified atom stereocenters. The molecule has 1 aliphatic rings. The number of nitrogens with zero attached hydrogens (tertiary/aromatic N) is 2. The zero-order chi connectivity index (χ0) is 12.5. The molecule has 0 aromatic heterocycles. The number of aliphatic hydroxyl groups is 1. The first kappa shape index (κ1) is 12.4. The van der Waals surface area contributed by atoms with Crippen LogP contribution in [0.2, 0.25) is 0 Å². The second-order valence-electron chi connectivity index (χ2n) is 4.73. The fraction of sp³-hybridized carbons (Fsp3) is 0.462. The van der Waals surface area contributed by atoms with Crippen molar-refractivity contribution in [2.75, 3.05) is 18.0 Å². The molecule has 90 valence electrons. The highest BCUT2D eigenvalue weighted by molar-refractivity contribution is 9.10. The number of halogens is 1. The maximum atomic E-state index is 9.92. The average molecular weight is 295 g/mol. The van der Waals surface area contributed by atoms with Crippen molar-refractivity contribution in [3.63, 3.8) is 0 Å². The van der Waals surface area contributed by atoms with Gasteiger partial charge in [0.1, 0.15) is 6.07 Å². The normalized spacial score (nSPS) is 18.8. The summed E-state index contributed by atoms with van der Waals surface area (Å²) in [6, 6.07) is 8.01. The van der Waals surface area contributed by atoms with E-state index in [2.05, 4.69) is 26.9 Å². The Morgan fingerprint density at radius 1 is 1.41 bits per heavy atom. The number of anilines is 1. The van der Waals surface area contributed by atoms with Crippen LogP contribution in [0.1, 0.15) is 25.3 Å². The van der Waals surface area contributed by atoms with E-state index in [0.717, 1.165) is 36.1 Å². The maximum absolute atomic E-state index is 9.92. The van der Waals surface area contributed by atoms with E-state index in [1.165, 1.54) is 0 Å². The third kappa shape index (κ3) is 2.62. The van der Waals surface area contributed by atoms with Crippen LogP contribution >= 0.6 is 15.9 Å². The van der Waals surface area contributed by atoms with Gasteiger partial charge in [0.25, 0.3) is 0 Å². The standard InChI is InChI=1S/C13H15BrN2O/c1-13(17)5-7-16(8-6-13)12-4-2-3-11(14)10(12)9-15/h2-4,17H,5-8H2,1H3. The maximum Gasteiger partial charge on any atom is 0.103 e. The lowest BCUT2D eigenvalue weighted by Gasteiger charge is -2.37. The molecule has 4 heteroatoms. The SMILES string of the molecule is CC1(O)CCN(c2cccc(Br)c2C#N)CC1. The number of rotatable bonds is 1. The molecule has 0 radical (unpaired) electrons. The van der Waals surface area contributed by atoms with Gasteiger partial charge in [-0.2, -0.15) is 5.26 Å². The highest BCUT2D eigenvalue weighted by Gasteiger charge is 2.28. The Morgan fingerprint density at radius 3 is 2.65 bits per heavy atom. The average Bonchev–Trinajstić information content (AvgIpc) is 2.29. The van der Waals surface area contributed by atoms with Gasteiger partial charge in [-0.3, -0.25) is 0 Å². The number of benzene rings is 1. The topological polar surface area (TPSA) is 47.3 Å². The van der Waals surface area contributed by atoms with E-state index in [9.17, 15) is 10.4 Å². The Morgan fingerprint density at radius 2 is 2.06 bits per heavy atom. The van der Waals surface area contributed by atoms with Gasteiger partial charge >= 0.3 is 0 Å². The molecule has 1 aromatic carbocycles. The molecule has 3 nitrogen and oxygen atoms in total. The molecule has 1 N–H and O–H groups in total. The number of hydrogen-bond donors (Lipinski definition) is 1. The fourth-order valence-electron chi connectivity index (χ4n) is 2.12. The largest absolute Gasteiger partial charge is 0.390 e. The summed E-state index contributed by atoms with van der Waals surface area (Å²) in [4.78, 5) is 2.17. The van der Waals surface area contributed by atoms with Gasteiger partial charge in [0.2, 0.25) is 0 Å². The van der Waals surface area contributed by atoms with E-state index in [4.69, 9.17) is 0 Å². The Labute approximate surface area is 110 Å². The van der Waals surface area contributed by atoms with Gasteiger partial charge in [0.05, 0.1) is 16.9 Å². The highest BCUT2D eigenvalue weighted by Crippen LogP contribution is 2.31. The van der Waals surface area contributed by atoms with Crippen molar-refractivity contribution in [1.29, 1.82) is 5.26 Å². The Bertz CT molecular complexity index is 455. The second kappa shape index (κ2) is 4.67. The molecule has 1 aliphatic heterocycles. The van der Waals surface area contributed by atoms with E-state index in [1.54, 1.807) is 0 Å². The third-order valence-electron chi connectivity index (χ3n) is 3.28. The van der Waals surface area contributed by atoms with Gasteiger partial charge in [-0.25, -0.2) is 0 Å². The van der Waals surface area contributed by atoms with E-state index in [1.807, 2.05) is 25.1 Å². The first-order chi connectivity index (χ1) is 8.03. The molecule has 0 bridgehead atoms. The summed E-state index contributed by atoms with van der Waals surface area (Å²) in [6.45, 7) is 3.45. The molecule has 0 saturated carbocycles. The first-order valence-corrected chi connectivity index (χ1v) is 6.49. The summed E-state index contributed by atoms with van der Waals surface area (Å²) in [7, 11) is 0. The van der Waals surface area contributed by atoms with Crippen LogP contribution in [0, 0.1) is 11.3 Å². The van der Waals surface area contributed by atoms with Gasteiger partial charge in [0.15, 0.2) is 0 Å². The predicted octanol–water partition coefficient (Wildman–Crippen LogP) is 2.67. The number of piperidine rings is 1. The summed E-state index contributed by atoms with van der Waals surface area (Å²) < 4.78 is 0.829. The Hall–Kier alpha value is -1.05. The van der Waals surface area contributed by atoms with Crippen LogP contribution in [0.3, 0.4) is 0 Å². The summed E-state index contributed by atoms with van der Waals surface area (Å²) in [5.74, 6) is 0. The Kier molecular flexibility index (Phi) is 3.41. The Balaban J connectivity index is 2.25. The molecule has 1 aromatic rings. The molecule has 0 amide bonds. The zero-order valence-electron chi connectivity index (χ0n) is 9.78. The minimum atomic E-state index is -0.560. The molecule has 1 fully saturated rings. The minimum absolute atomic E-state index is 0.560. The van der Waals surface area contributed by atoms with E-state index in [0.29, 0.717) is 5.56 Å². The lowest BCUT2D eigenvalue weighted by atomic mass is 9.93. The summed E-state index contributed by atoms with van der Waals surface area (Å²) >= 11 is 3.40. The molecule has 0 atom stereocenters. The third-order valence-corrected chi connectivity index (χ3v) is 3.95. The first-order valence-electron chi connectivity index (χ1n) is 5.69. The zero-order valence-corrected chi connectivity index (χ0v) is 11.4. The summed E-state index contributed by atoms with van der Waals surface area (Å²) in [6.07, 6.45) is 1.48. The molecule has 2 rings (SSSR count). The highest BCUT2D eigenvalue weighted by atomic mass is 79.9. The number of nitriles is 1. The van der Waals surface area contributed by atoms with E-state index in [-0.39, 0.29) is 0 Å². The fourth-order valence-corrected chi connectivity index (χ4v) is 2.56. The monoisotopic (exact) mass is 294 g/mol. The molecule has 17 heavy (non-hydrogen) atoms. The predicted molar refractivity (Wildman–Crippen MR) is 70.9 cm³/mol. The quantitative estimate of drug-likeness (QED) is 0.866. The van der Waals surface area contributed by atoms with Gasteiger partial charge in [-0.15, -0.1) is 0 Å².